The first-order valence-corrected chi connectivity index (χ1v) is 11.1. The molecular formula is C21H18N4O3S2. The Morgan fingerprint density at radius 1 is 1.13 bits per heavy atom. The van der Waals surface area contributed by atoms with Crippen molar-refractivity contribution in [3.8, 4) is 5.69 Å². The van der Waals surface area contributed by atoms with Gasteiger partial charge in [-0.3, -0.25) is 14.2 Å². The number of carbonyl (C=O) groups excluding carboxylic acids is 1. The minimum absolute atomic E-state index is 0.228. The SMILES string of the molecule is CSc1nc2c(s1)c(=O)n(-c1ccccc1)c(=O)n2CC(=O)Nc1cccc(C)c1. The van der Waals surface area contributed by atoms with Crippen LogP contribution in [0.25, 0.3) is 16.0 Å². The Balaban J connectivity index is 1.84. The summed E-state index contributed by atoms with van der Waals surface area (Å²) in [6.45, 7) is 1.67. The summed E-state index contributed by atoms with van der Waals surface area (Å²) in [5.74, 6) is -0.374. The predicted molar refractivity (Wildman–Crippen MR) is 121 cm³/mol. The highest BCUT2D eigenvalue weighted by Crippen LogP contribution is 2.25. The number of nitrogens with one attached hydrogen (secondary N) is 1. The number of para-hydroxylation sites is 1. The highest BCUT2D eigenvalue weighted by Gasteiger charge is 2.20. The number of nitrogens with zero attached hydrogens (tertiary/aromatic N) is 3. The molecule has 0 aliphatic rings. The van der Waals surface area contributed by atoms with Crippen LogP contribution in [0.1, 0.15) is 5.56 Å². The number of carbonyl (C=O) groups is 1. The number of rotatable bonds is 5. The maximum absolute atomic E-state index is 13.2. The van der Waals surface area contributed by atoms with Gasteiger partial charge >= 0.3 is 5.69 Å². The fourth-order valence-electron chi connectivity index (χ4n) is 3.12. The van der Waals surface area contributed by atoms with Crippen LogP contribution < -0.4 is 16.6 Å². The molecule has 0 fully saturated rings. The van der Waals surface area contributed by atoms with E-state index in [4.69, 9.17) is 0 Å². The number of fused-ring (bicyclic) bond motifs is 1. The van der Waals surface area contributed by atoms with E-state index in [1.807, 2.05) is 31.4 Å². The molecule has 1 N–H and O–H groups in total. The maximum Gasteiger partial charge on any atom is 0.337 e. The van der Waals surface area contributed by atoms with Crippen molar-refractivity contribution < 1.29 is 4.79 Å². The summed E-state index contributed by atoms with van der Waals surface area (Å²) >= 11 is 2.60. The second kappa shape index (κ2) is 8.29. The summed E-state index contributed by atoms with van der Waals surface area (Å²) in [5.41, 5.74) is 1.29. The lowest BCUT2D eigenvalue weighted by Crippen LogP contribution is -2.40. The number of benzene rings is 2. The molecule has 0 aliphatic carbocycles. The van der Waals surface area contributed by atoms with Gasteiger partial charge in [-0.25, -0.2) is 14.3 Å². The lowest BCUT2D eigenvalue weighted by atomic mass is 10.2. The third kappa shape index (κ3) is 3.81. The largest absolute Gasteiger partial charge is 0.337 e. The molecule has 30 heavy (non-hydrogen) atoms. The number of aromatic nitrogens is 3. The Bertz CT molecular complexity index is 1360. The van der Waals surface area contributed by atoms with Crippen LogP contribution in [0.3, 0.4) is 0 Å². The van der Waals surface area contributed by atoms with Gasteiger partial charge in [-0.1, -0.05) is 42.1 Å². The Hall–Kier alpha value is -3.17. The molecule has 0 saturated carbocycles. The van der Waals surface area contributed by atoms with Gasteiger partial charge in [0.25, 0.3) is 5.56 Å². The quantitative estimate of drug-likeness (QED) is 0.483. The Morgan fingerprint density at radius 3 is 2.60 bits per heavy atom. The summed E-state index contributed by atoms with van der Waals surface area (Å²) in [7, 11) is 0. The normalized spacial score (nSPS) is 11.0. The maximum atomic E-state index is 13.2. The van der Waals surface area contributed by atoms with Crippen LogP contribution in [0.15, 0.2) is 68.5 Å². The van der Waals surface area contributed by atoms with E-state index in [1.54, 1.807) is 36.4 Å². The number of thioether (sulfide) groups is 1. The molecule has 7 nitrogen and oxygen atoms in total. The highest BCUT2D eigenvalue weighted by molar-refractivity contribution is 8.00. The van der Waals surface area contributed by atoms with Gasteiger partial charge in [0.1, 0.15) is 11.2 Å². The van der Waals surface area contributed by atoms with Gasteiger partial charge in [-0.2, -0.15) is 0 Å². The first-order chi connectivity index (χ1) is 14.5. The molecule has 2 heterocycles. The molecule has 2 aromatic heterocycles. The second-order valence-electron chi connectivity index (χ2n) is 6.60. The van der Waals surface area contributed by atoms with Crippen molar-refractivity contribution >= 4 is 45.0 Å². The van der Waals surface area contributed by atoms with E-state index in [2.05, 4.69) is 10.3 Å². The topological polar surface area (TPSA) is 86.0 Å². The first kappa shape index (κ1) is 20.1. The van der Waals surface area contributed by atoms with Crippen LogP contribution in [0.4, 0.5) is 5.69 Å². The zero-order chi connectivity index (χ0) is 21.3. The molecule has 0 aliphatic heterocycles. The molecule has 2 aromatic carbocycles. The van der Waals surface area contributed by atoms with E-state index in [1.165, 1.54) is 27.7 Å². The summed E-state index contributed by atoms with van der Waals surface area (Å²) < 4.78 is 3.33. The molecule has 4 rings (SSSR count). The van der Waals surface area contributed by atoms with Gasteiger partial charge in [0, 0.05) is 5.69 Å². The Kier molecular flexibility index (Phi) is 5.56. The standard InChI is InChI=1S/C21H18N4O3S2/c1-13-7-6-8-14(11-13)22-16(26)12-24-18-17(30-20(23-18)29-2)19(27)25(21(24)28)15-9-4-3-5-10-15/h3-11H,12H2,1-2H3,(H,22,26). The summed E-state index contributed by atoms with van der Waals surface area (Å²) in [6.07, 6.45) is 1.85. The van der Waals surface area contributed by atoms with E-state index >= 15 is 0 Å². The van der Waals surface area contributed by atoms with Crippen LogP contribution >= 0.6 is 23.1 Å². The number of anilines is 1. The zero-order valence-corrected chi connectivity index (χ0v) is 17.9. The molecule has 0 bridgehead atoms. The molecule has 0 saturated heterocycles. The van der Waals surface area contributed by atoms with Crippen molar-refractivity contribution in [1.29, 1.82) is 0 Å². The number of amides is 1. The average molecular weight is 439 g/mol. The van der Waals surface area contributed by atoms with Crippen LogP contribution in [0, 0.1) is 6.92 Å². The van der Waals surface area contributed by atoms with Crippen molar-refractivity contribution in [3.05, 3.63) is 81.0 Å². The van der Waals surface area contributed by atoms with Gasteiger partial charge < -0.3 is 5.32 Å². The molecule has 1 amide bonds. The Labute approximate surface area is 180 Å². The van der Waals surface area contributed by atoms with Crippen LogP contribution in [0.5, 0.6) is 0 Å². The molecule has 152 valence electrons. The minimum atomic E-state index is -0.601. The molecule has 0 radical (unpaired) electrons. The summed E-state index contributed by atoms with van der Waals surface area (Å²) in [5, 5.41) is 2.80. The van der Waals surface area contributed by atoms with Crippen molar-refractivity contribution in [2.75, 3.05) is 11.6 Å². The smallest absolute Gasteiger partial charge is 0.325 e. The zero-order valence-electron chi connectivity index (χ0n) is 16.3. The summed E-state index contributed by atoms with van der Waals surface area (Å²) in [4.78, 5) is 43.4. The average Bonchev–Trinajstić information content (AvgIpc) is 3.17. The number of thiazole rings is 1. The molecular weight excluding hydrogens is 420 g/mol. The van der Waals surface area contributed by atoms with Gasteiger partial charge in [-0.05, 0) is 43.0 Å². The van der Waals surface area contributed by atoms with Crippen molar-refractivity contribution in [1.82, 2.24) is 14.1 Å². The van der Waals surface area contributed by atoms with Gasteiger partial charge in [0.2, 0.25) is 5.91 Å². The van der Waals surface area contributed by atoms with Gasteiger partial charge in [-0.15, -0.1) is 11.3 Å². The van der Waals surface area contributed by atoms with Crippen molar-refractivity contribution in [2.45, 2.75) is 17.8 Å². The molecule has 9 heteroatoms. The van der Waals surface area contributed by atoms with E-state index in [0.29, 0.717) is 20.4 Å². The highest BCUT2D eigenvalue weighted by atomic mass is 32.2. The van der Waals surface area contributed by atoms with E-state index in [-0.39, 0.29) is 18.1 Å². The van der Waals surface area contributed by atoms with Crippen molar-refractivity contribution in [2.24, 2.45) is 0 Å². The van der Waals surface area contributed by atoms with Crippen molar-refractivity contribution in [3.63, 3.8) is 0 Å². The predicted octanol–water partition coefficient (Wildman–Crippen LogP) is 3.28. The minimum Gasteiger partial charge on any atom is -0.325 e. The molecule has 0 atom stereocenters. The van der Waals surface area contributed by atoms with Gasteiger partial charge in [0.15, 0.2) is 9.99 Å². The van der Waals surface area contributed by atoms with E-state index < -0.39 is 11.2 Å². The number of hydrogen-bond donors (Lipinski definition) is 1. The van der Waals surface area contributed by atoms with Gasteiger partial charge in [0.05, 0.1) is 5.69 Å². The number of hydrogen-bond acceptors (Lipinski definition) is 6. The van der Waals surface area contributed by atoms with Crippen LogP contribution in [-0.2, 0) is 11.3 Å². The second-order valence-corrected chi connectivity index (χ2v) is 8.65. The van der Waals surface area contributed by atoms with Crippen LogP contribution in [0.2, 0.25) is 0 Å². The fraction of sp³-hybridized carbons (Fsp3) is 0.143. The third-order valence-electron chi connectivity index (χ3n) is 4.46. The van der Waals surface area contributed by atoms with E-state index in [9.17, 15) is 14.4 Å². The van der Waals surface area contributed by atoms with E-state index in [0.717, 1.165) is 10.1 Å². The van der Waals surface area contributed by atoms with Crippen LogP contribution in [-0.4, -0.2) is 26.3 Å². The first-order valence-electron chi connectivity index (χ1n) is 9.10. The lowest BCUT2D eigenvalue weighted by molar-refractivity contribution is -0.116. The number of aryl methyl sites for hydroxylation is 1. The lowest BCUT2D eigenvalue weighted by Gasteiger charge is -2.12. The Morgan fingerprint density at radius 2 is 1.90 bits per heavy atom. The fourth-order valence-corrected chi connectivity index (χ4v) is 4.61. The summed E-state index contributed by atoms with van der Waals surface area (Å²) in [6, 6.07) is 16.1. The third-order valence-corrected chi connectivity index (χ3v) is 6.48. The molecule has 0 unspecified atom stereocenters. The molecule has 0 spiro atoms. The molecule has 4 aromatic rings. The monoisotopic (exact) mass is 438 g/mol.